The van der Waals surface area contributed by atoms with E-state index >= 15 is 0 Å². The van der Waals surface area contributed by atoms with Crippen LogP contribution in [0.15, 0.2) is 0 Å². The molecule has 1 fully saturated rings. The molecule has 0 aliphatic carbocycles. The van der Waals surface area contributed by atoms with E-state index in [1.165, 1.54) is 4.90 Å². The van der Waals surface area contributed by atoms with E-state index < -0.39 is 20.0 Å². The fourth-order valence-corrected chi connectivity index (χ4v) is 3.50. The van der Waals surface area contributed by atoms with Gasteiger partial charge in [0.05, 0.1) is 18.6 Å². The van der Waals surface area contributed by atoms with E-state index in [-0.39, 0.29) is 29.5 Å². The monoisotopic (exact) mass is 329 g/mol. The molecular weight excluding hydrogens is 298 g/mol. The van der Waals surface area contributed by atoms with Crippen LogP contribution in [0.3, 0.4) is 0 Å². The Bertz CT molecular complexity index is 448. The fraction of sp³-hybridized carbons (Fsp3) is 0.875. The van der Waals surface area contributed by atoms with E-state index in [1.807, 2.05) is 6.92 Å². The Morgan fingerprint density at radius 1 is 1.18 bits per heavy atom. The number of rotatable bonds is 2. The molecule has 0 radical (unpaired) electrons. The molecule has 2 amide bonds. The topological polar surface area (TPSA) is 55.8 Å². The summed E-state index contributed by atoms with van der Waals surface area (Å²) in [4.78, 5) is 25.7. The number of imide groups is 1. The quantitative estimate of drug-likeness (QED) is 0.720. The maximum atomic E-state index is 12.2. The molecule has 22 heavy (non-hydrogen) atoms. The molecule has 0 aromatic carbocycles. The molecule has 128 valence electrons. The van der Waals surface area contributed by atoms with Gasteiger partial charge in [0.15, 0.2) is 8.32 Å². The third-order valence-corrected chi connectivity index (χ3v) is 8.94. The summed E-state index contributed by atoms with van der Waals surface area (Å²) in [6, 6.07) is -0.295. The Labute approximate surface area is 135 Å². The van der Waals surface area contributed by atoms with Gasteiger partial charge in [-0.25, -0.2) is 9.69 Å². The molecule has 6 heteroatoms. The zero-order valence-electron chi connectivity index (χ0n) is 15.4. The number of hydrogen-bond acceptors (Lipinski definition) is 4. The molecule has 1 rings (SSSR count). The minimum absolute atomic E-state index is 0.0646. The molecular formula is C16H31NO4Si. The van der Waals surface area contributed by atoms with E-state index in [4.69, 9.17) is 9.16 Å². The van der Waals surface area contributed by atoms with E-state index in [0.29, 0.717) is 0 Å². The van der Waals surface area contributed by atoms with Crippen LogP contribution in [0.25, 0.3) is 0 Å². The molecule has 0 saturated carbocycles. The van der Waals surface area contributed by atoms with E-state index in [1.54, 1.807) is 20.8 Å². The third-order valence-electron chi connectivity index (χ3n) is 4.43. The molecule has 0 unspecified atom stereocenters. The van der Waals surface area contributed by atoms with Gasteiger partial charge in [-0.2, -0.15) is 0 Å². The van der Waals surface area contributed by atoms with Crippen molar-refractivity contribution in [2.45, 2.75) is 90.8 Å². The van der Waals surface area contributed by atoms with Crippen molar-refractivity contribution in [3.63, 3.8) is 0 Å². The highest BCUT2D eigenvalue weighted by molar-refractivity contribution is 6.74. The van der Waals surface area contributed by atoms with Crippen LogP contribution in [0.5, 0.6) is 0 Å². The van der Waals surface area contributed by atoms with Crippen molar-refractivity contribution in [1.29, 1.82) is 0 Å². The Hall–Kier alpha value is -0.883. The number of carbonyl (C=O) groups is 2. The van der Waals surface area contributed by atoms with Crippen molar-refractivity contribution >= 4 is 20.3 Å². The predicted molar refractivity (Wildman–Crippen MR) is 89.2 cm³/mol. The van der Waals surface area contributed by atoms with Crippen molar-refractivity contribution in [2.75, 3.05) is 0 Å². The van der Waals surface area contributed by atoms with Crippen molar-refractivity contribution in [2.24, 2.45) is 0 Å². The first-order valence-electron chi connectivity index (χ1n) is 7.88. The minimum atomic E-state index is -1.98. The van der Waals surface area contributed by atoms with Gasteiger partial charge in [0.1, 0.15) is 5.60 Å². The van der Waals surface area contributed by atoms with Crippen molar-refractivity contribution in [3.05, 3.63) is 0 Å². The van der Waals surface area contributed by atoms with Gasteiger partial charge >= 0.3 is 6.09 Å². The van der Waals surface area contributed by atoms with Crippen LogP contribution < -0.4 is 0 Å². The lowest BCUT2D eigenvalue weighted by Crippen LogP contribution is -2.48. The maximum absolute atomic E-state index is 12.2. The summed E-state index contributed by atoms with van der Waals surface area (Å²) in [5.74, 6) is -0.217. The molecule has 0 bridgehead atoms. The van der Waals surface area contributed by atoms with Crippen LogP contribution in [0.4, 0.5) is 4.79 Å². The van der Waals surface area contributed by atoms with Crippen molar-refractivity contribution < 1.29 is 18.8 Å². The Balaban J connectivity index is 2.85. The largest absolute Gasteiger partial charge is 0.443 e. The van der Waals surface area contributed by atoms with Gasteiger partial charge in [0.25, 0.3) is 0 Å². The zero-order chi connectivity index (χ0) is 17.5. The molecule has 2 atom stereocenters. The first-order valence-corrected chi connectivity index (χ1v) is 10.8. The Morgan fingerprint density at radius 2 is 1.68 bits per heavy atom. The zero-order valence-corrected chi connectivity index (χ0v) is 16.4. The highest BCUT2D eigenvalue weighted by Crippen LogP contribution is 2.39. The molecule has 1 heterocycles. The van der Waals surface area contributed by atoms with Gasteiger partial charge in [0.2, 0.25) is 5.91 Å². The summed E-state index contributed by atoms with van der Waals surface area (Å²) >= 11 is 0. The van der Waals surface area contributed by atoms with Gasteiger partial charge in [-0.1, -0.05) is 20.8 Å². The number of amides is 2. The van der Waals surface area contributed by atoms with Gasteiger partial charge in [0, 0.05) is 0 Å². The van der Waals surface area contributed by atoms with Crippen LogP contribution in [0, 0.1) is 0 Å². The second-order valence-electron chi connectivity index (χ2n) is 8.61. The number of ether oxygens (including phenoxy) is 1. The third kappa shape index (κ3) is 4.32. The van der Waals surface area contributed by atoms with Crippen molar-refractivity contribution in [3.8, 4) is 0 Å². The highest BCUT2D eigenvalue weighted by atomic mass is 28.4. The number of carbonyl (C=O) groups excluding carboxylic acids is 2. The Kier molecular flexibility index (Phi) is 5.19. The SMILES string of the molecule is C[C@H]1[C@H](O[Si](C)(C)C(C)(C)C)CC(=O)N1C(=O)OC(C)(C)C. The van der Waals surface area contributed by atoms with E-state index in [2.05, 4.69) is 33.9 Å². The maximum Gasteiger partial charge on any atom is 0.417 e. The second kappa shape index (κ2) is 5.96. The minimum Gasteiger partial charge on any atom is -0.443 e. The lowest BCUT2D eigenvalue weighted by atomic mass is 10.2. The standard InChI is InChI=1S/C16H31NO4Si/c1-11-12(21-22(8,9)16(5,6)7)10-13(18)17(11)14(19)20-15(2,3)4/h11-12H,10H2,1-9H3/t11-,12+/m0/s1. The van der Waals surface area contributed by atoms with Crippen LogP contribution >= 0.6 is 0 Å². The summed E-state index contributed by atoms with van der Waals surface area (Å²) in [5, 5.41) is 0.0646. The Morgan fingerprint density at radius 3 is 2.09 bits per heavy atom. The van der Waals surface area contributed by atoms with Crippen LogP contribution in [-0.4, -0.2) is 43.0 Å². The summed E-state index contributed by atoms with van der Waals surface area (Å²) in [7, 11) is -1.98. The summed E-state index contributed by atoms with van der Waals surface area (Å²) in [5.41, 5.74) is -0.616. The first kappa shape index (κ1) is 19.2. The highest BCUT2D eigenvalue weighted by Gasteiger charge is 2.47. The van der Waals surface area contributed by atoms with E-state index in [9.17, 15) is 9.59 Å². The number of likely N-dealkylation sites (tertiary alicyclic amines) is 1. The van der Waals surface area contributed by atoms with Crippen LogP contribution in [0.1, 0.15) is 54.9 Å². The normalized spacial score (nSPS) is 23.9. The average Bonchev–Trinajstić information content (AvgIpc) is 2.48. The van der Waals surface area contributed by atoms with E-state index in [0.717, 1.165) is 0 Å². The first-order chi connectivity index (χ1) is 9.66. The summed E-state index contributed by atoms with van der Waals surface area (Å²) in [6.07, 6.45) is -0.584. The molecule has 1 aliphatic heterocycles. The van der Waals surface area contributed by atoms with Gasteiger partial charge in [-0.05, 0) is 45.8 Å². The molecule has 5 nitrogen and oxygen atoms in total. The molecule has 1 aliphatic rings. The number of hydrogen-bond donors (Lipinski definition) is 0. The molecule has 1 saturated heterocycles. The van der Waals surface area contributed by atoms with Crippen molar-refractivity contribution in [1.82, 2.24) is 4.90 Å². The van der Waals surface area contributed by atoms with Crippen LogP contribution in [0.2, 0.25) is 18.1 Å². The molecule has 0 aromatic heterocycles. The lowest BCUT2D eigenvalue weighted by molar-refractivity contribution is -0.127. The van der Waals surface area contributed by atoms with Gasteiger partial charge < -0.3 is 9.16 Å². The molecule has 0 spiro atoms. The predicted octanol–water partition coefficient (Wildman–Crippen LogP) is 3.93. The van der Waals surface area contributed by atoms with Crippen LogP contribution in [-0.2, 0) is 14.0 Å². The summed E-state index contributed by atoms with van der Waals surface area (Å²) in [6.45, 7) is 18.0. The molecule has 0 aromatic rings. The average molecular weight is 330 g/mol. The van der Waals surface area contributed by atoms with Gasteiger partial charge in [-0.15, -0.1) is 0 Å². The smallest absolute Gasteiger partial charge is 0.417 e. The number of nitrogens with zero attached hydrogens (tertiary/aromatic N) is 1. The van der Waals surface area contributed by atoms with Gasteiger partial charge in [-0.3, -0.25) is 4.79 Å². The second-order valence-corrected chi connectivity index (χ2v) is 13.4. The fourth-order valence-electron chi connectivity index (χ4n) is 2.11. The molecule has 0 N–H and O–H groups in total. The lowest BCUT2D eigenvalue weighted by Gasteiger charge is -2.39. The summed E-state index contributed by atoms with van der Waals surface area (Å²) < 4.78 is 11.7.